The summed E-state index contributed by atoms with van der Waals surface area (Å²) in [6, 6.07) is 7.98. The van der Waals surface area contributed by atoms with E-state index in [9.17, 15) is 0 Å². The maximum absolute atomic E-state index is 8.65. The summed E-state index contributed by atoms with van der Waals surface area (Å²) in [4.78, 5) is 0. The Morgan fingerprint density at radius 2 is 2.40 bits per heavy atom. The highest BCUT2D eigenvalue weighted by Crippen LogP contribution is 2.25. The van der Waals surface area contributed by atoms with Crippen LogP contribution in [0, 0.1) is 11.3 Å². The molecule has 0 bridgehead atoms. The summed E-state index contributed by atoms with van der Waals surface area (Å²) < 4.78 is 5.17. The fraction of sp³-hybridized carbons (Fsp3) is 0.250. The maximum atomic E-state index is 8.65. The van der Waals surface area contributed by atoms with Crippen molar-refractivity contribution in [2.75, 3.05) is 13.7 Å². The first-order valence-corrected chi connectivity index (χ1v) is 4.86. The standard InChI is InChI=1S/C12H12N2O/c1-15-10-2-3-11-9(8-10)5-7-14-12(11)4-6-13/h2-4,8,14H,5,7H2,1H3. The number of fused-ring (bicyclic) bond motifs is 1. The normalized spacial score (nSPS) is 16.4. The van der Waals surface area contributed by atoms with Crippen LogP contribution in [0.4, 0.5) is 0 Å². The molecule has 0 radical (unpaired) electrons. The summed E-state index contributed by atoms with van der Waals surface area (Å²) in [5.74, 6) is 0.868. The van der Waals surface area contributed by atoms with E-state index in [2.05, 4.69) is 11.4 Å². The van der Waals surface area contributed by atoms with Gasteiger partial charge in [0.2, 0.25) is 0 Å². The van der Waals surface area contributed by atoms with Crippen molar-refractivity contribution in [1.29, 1.82) is 5.26 Å². The molecule has 0 fully saturated rings. The minimum absolute atomic E-state index is 0.868. The number of hydrogen-bond donors (Lipinski definition) is 1. The maximum Gasteiger partial charge on any atom is 0.119 e. The van der Waals surface area contributed by atoms with Gasteiger partial charge in [0.25, 0.3) is 0 Å². The van der Waals surface area contributed by atoms with Gasteiger partial charge in [-0.2, -0.15) is 5.26 Å². The van der Waals surface area contributed by atoms with Crippen LogP contribution in [0.5, 0.6) is 5.75 Å². The number of ether oxygens (including phenoxy) is 1. The van der Waals surface area contributed by atoms with E-state index in [1.54, 1.807) is 13.2 Å². The van der Waals surface area contributed by atoms with Gasteiger partial charge in [-0.25, -0.2) is 0 Å². The van der Waals surface area contributed by atoms with E-state index in [0.29, 0.717) is 0 Å². The number of nitrogens with one attached hydrogen (secondary N) is 1. The first kappa shape index (κ1) is 9.60. The van der Waals surface area contributed by atoms with Gasteiger partial charge in [-0.1, -0.05) is 0 Å². The highest BCUT2D eigenvalue weighted by atomic mass is 16.5. The van der Waals surface area contributed by atoms with Crippen LogP contribution >= 0.6 is 0 Å². The van der Waals surface area contributed by atoms with Crippen molar-refractivity contribution in [3.8, 4) is 11.8 Å². The summed E-state index contributed by atoms with van der Waals surface area (Å²) in [6.45, 7) is 0.869. The molecule has 0 atom stereocenters. The molecule has 3 heteroatoms. The Bertz CT molecular complexity index is 443. The molecule has 1 aliphatic heterocycles. The quantitative estimate of drug-likeness (QED) is 0.702. The average molecular weight is 200 g/mol. The Hall–Kier alpha value is -1.95. The molecule has 1 aromatic rings. The molecule has 76 valence electrons. The summed E-state index contributed by atoms with van der Waals surface area (Å²) in [5, 5.41) is 11.9. The van der Waals surface area contributed by atoms with Crippen molar-refractivity contribution in [3.05, 3.63) is 35.4 Å². The van der Waals surface area contributed by atoms with E-state index < -0.39 is 0 Å². The monoisotopic (exact) mass is 200 g/mol. The van der Waals surface area contributed by atoms with Gasteiger partial charge in [0.1, 0.15) is 5.75 Å². The van der Waals surface area contributed by atoms with Gasteiger partial charge < -0.3 is 10.1 Å². The summed E-state index contributed by atoms with van der Waals surface area (Å²) in [6.07, 6.45) is 2.51. The number of allylic oxidation sites excluding steroid dienone is 1. The van der Waals surface area contributed by atoms with Crippen molar-refractivity contribution in [2.24, 2.45) is 0 Å². The fourth-order valence-corrected chi connectivity index (χ4v) is 1.79. The molecule has 15 heavy (non-hydrogen) atoms. The van der Waals surface area contributed by atoms with Crippen molar-refractivity contribution >= 4 is 5.70 Å². The second-order valence-electron chi connectivity index (χ2n) is 3.39. The van der Waals surface area contributed by atoms with Crippen LogP contribution in [0.25, 0.3) is 5.70 Å². The number of methoxy groups -OCH3 is 1. The first-order chi connectivity index (χ1) is 7.35. The molecular formula is C12H12N2O. The van der Waals surface area contributed by atoms with Gasteiger partial charge in [-0.3, -0.25) is 0 Å². The number of rotatable bonds is 1. The van der Waals surface area contributed by atoms with E-state index >= 15 is 0 Å². The van der Waals surface area contributed by atoms with Crippen LogP contribution in [0.15, 0.2) is 24.3 Å². The predicted octanol–water partition coefficient (Wildman–Crippen LogP) is 1.71. The molecule has 0 spiro atoms. The molecule has 0 aromatic heterocycles. The molecule has 0 aliphatic carbocycles. The third kappa shape index (κ3) is 1.79. The number of nitrogens with zero attached hydrogens (tertiary/aromatic N) is 1. The molecule has 1 heterocycles. The Kier molecular flexibility index (Phi) is 2.59. The van der Waals surface area contributed by atoms with E-state index in [1.807, 2.05) is 18.2 Å². The lowest BCUT2D eigenvalue weighted by Gasteiger charge is -2.20. The smallest absolute Gasteiger partial charge is 0.119 e. The van der Waals surface area contributed by atoms with Crippen molar-refractivity contribution in [3.63, 3.8) is 0 Å². The third-order valence-electron chi connectivity index (χ3n) is 2.52. The summed E-state index contributed by atoms with van der Waals surface area (Å²) >= 11 is 0. The fourth-order valence-electron chi connectivity index (χ4n) is 1.79. The molecule has 1 aliphatic rings. The van der Waals surface area contributed by atoms with Crippen LogP contribution < -0.4 is 10.1 Å². The van der Waals surface area contributed by atoms with E-state index in [-0.39, 0.29) is 0 Å². The molecular weight excluding hydrogens is 188 g/mol. The Labute approximate surface area is 89.0 Å². The van der Waals surface area contributed by atoms with Gasteiger partial charge in [0.05, 0.1) is 18.9 Å². The molecule has 3 nitrogen and oxygen atoms in total. The lowest BCUT2D eigenvalue weighted by atomic mass is 9.97. The molecule has 2 rings (SSSR count). The van der Waals surface area contributed by atoms with Gasteiger partial charge in [0.15, 0.2) is 0 Å². The summed E-state index contributed by atoms with van der Waals surface area (Å²) in [5.41, 5.74) is 3.24. The number of nitriles is 1. The minimum atomic E-state index is 0.868. The van der Waals surface area contributed by atoms with Gasteiger partial charge in [0, 0.05) is 18.2 Å². The third-order valence-corrected chi connectivity index (χ3v) is 2.52. The number of hydrogen-bond acceptors (Lipinski definition) is 3. The zero-order valence-corrected chi connectivity index (χ0v) is 8.58. The minimum Gasteiger partial charge on any atom is -0.497 e. The molecule has 0 amide bonds. The average Bonchev–Trinajstić information content (AvgIpc) is 2.29. The molecule has 0 unspecified atom stereocenters. The second-order valence-corrected chi connectivity index (χ2v) is 3.39. The largest absolute Gasteiger partial charge is 0.497 e. The lowest BCUT2D eigenvalue weighted by Crippen LogP contribution is -2.22. The van der Waals surface area contributed by atoms with Gasteiger partial charge in [-0.15, -0.1) is 0 Å². The van der Waals surface area contributed by atoms with Crippen LogP contribution in [0.1, 0.15) is 11.1 Å². The Morgan fingerprint density at radius 1 is 1.53 bits per heavy atom. The molecule has 1 aromatic carbocycles. The molecule has 0 saturated carbocycles. The topological polar surface area (TPSA) is 45.0 Å². The number of benzene rings is 1. The zero-order valence-electron chi connectivity index (χ0n) is 8.58. The summed E-state index contributed by atoms with van der Waals surface area (Å²) in [7, 11) is 1.66. The van der Waals surface area contributed by atoms with Crippen LogP contribution in [0.3, 0.4) is 0 Å². The van der Waals surface area contributed by atoms with E-state index in [1.165, 1.54) is 5.56 Å². The lowest BCUT2D eigenvalue weighted by molar-refractivity contribution is 0.414. The van der Waals surface area contributed by atoms with E-state index in [0.717, 1.165) is 30.0 Å². The van der Waals surface area contributed by atoms with Crippen LogP contribution in [0.2, 0.25) is 0 Å². The first-order valence-electron chi connectivity index (χ1n) is 4.86. The van der Waals surface area contributed by atoms with Crippen molar-refractivity contribution in [1.82, 2.24) is 5.32 Å². The van der Waals surface area contributed by atoms with Gasteiger partial charge in [-0.05, 0) is 30.2 Å². The van der Waals surface area contributed by atoms with Crippen LogP contribution in [-0.2, 0) is 6.42 Å². The molecule has 0 saturated heterocycles. The Balaban J connectivity index is 2.46. The highest BCUT2D eigenvalue weighted by Gasteiger charge is 2.13. The van der Waals surface area contributed by atoms with Crippen molar-refractivity contribution in [2.45, 2.75) is 6.42 Å². The molecule has 1 N–H and O–H groups in total. The van der Waals surface area contributed by atoms with E-state index in [4.69, 9.17) is 10.00 Å². The predicted molar refractivity (Wildman–Crippen MR) is 58.3 cm³/mol. The highest BCUT2D eigenvalue weighted by molar-refractivity contribution is 5.70. The van der Waals surface area contributed by atoms with Crippen molar-refractivity contribution < 1.29 is 4.74 Å². The van der Waals surface area contributed by atoms with Crippen LogP contribution in [-0.4, -0.2) is 13.7 Å². The van der Waals surface area contributed by atoms with Gasteiger partial charge >= 0.3 is 0 Å². The second kappa shape index (κ2) is 4.05. The SMILES string of the molecule is COc1ccc2c(c1)CCNC2=CC#N. The Morgan fingerprint density at radius 3 is 3.13 bits per heavy atom. The zero-order chi connectivity index (χ0) is 10.7.